The fourth-order valence-corrected chi connectivity index (χ4v) is 2.76. The zero-order valence-electron chi connectivity index (χ0n) is 9.60. The molecule has 1 atom stereocenters. The molecule has 0 bridgehead atoms. The Morgan fingerprint density at radius 2 is 2.06 bits per heavy atom. The van der Waals surface area contributed by atoms with Crippen LogP contribution in [0.1, 0.15) is 12.5 Å². The number of hydrogen-bond donors (Lipinski definition) is 2. The van der Waals surface area contributed by atoms with Gasteiger partial charge in [0.05, 0.1) is 4.90 Å². The lowest BCUT2D eigenvalue weighted by Crippen LogP contribution is -2.35. The first kappa shape index (κ1) is 16.9. The number of halogens is 2. The molecule has 0 amide bonds. The predicted octanol–water partition coefficient (Wildman–Crippen LogP) is 1.80. The summed E-state index contributed by atoms with van der Waals surface area (Å²) in [5.41, 5.74) is 6.49. The first-order valence-electron chi connectivity index (χ1n) is 4.84. The van der Waals surface area contributed by atoms with Gasteiger partial charge in [-0.2, -0.15) is 0 Å². The van der Waals surface area contributed by atoms with Crippen molar-refractivity contribution in [1.29, 1.82) is 0 Å². The number of rotatable bonds is 4. The fraction of sp³-hybridized carbons (Fsp3) is 0.400. The normalized spacial score (nSPS) is 12.9. The molecule has 0 radical (unpaired) electrons. The van der Waals surface area contributed by atoms with Gasteiger partial charge in [0.15, 0.2) is 0 Å². The van der Waals surface area contributed by atoms with Crippen molar-refractivity contribution in [2.75, 3.05) is 6.54 Å². The van der Waals surface area contributed by atoms with Crippen LogP contribution in [0.15, 0.2) is 27.6 Å². The Hall–Kier alpha value is -0.140. The van der Waals surface area contributed by atoms with Gasteiger partial charge in [0.2, 0.25) is 10.0 Å². The standard InChI is InChI=1S/C10H15BrN2O2S.ClH/c1-7-3-4-9(5-10(7)11)16(14,15)13-6-8(2)12;/h3-5,8,13H,6,12H2,1-2H3;1H. The zero-order chi connectivity index (χ0) is 12.3. The van der Waals surface area contributed by atoms with Gasteiger partial charge in [-0.1, -0.05) is 22.0 Å². The maximum absolute atomic E-state index is 11.8. The van der Waals surface area contributed by atoms with E-state index in [2.05, 4.69) is 20.7 Å². The molecule has 0 fully saturated rings. The topological polar surface area (TPSA) is 72.2 Å². The van der Waals surface area contributed by atoms with Crippen LogP contribution in [-0.2, 0) is 10.0 Å². The van der Waals surface area contributed by atoms with Crippen LogP contribution in [0.2, 0.25) is 0 Å². The highest BCUT2D eigenvalue weighted by molar-refractivity contribution is 9.10. The van der Waals surface area contributed by atoms with Crippen LogP contribution in [0.5, 0.6) is 0 Å². The van der Waals surface area contributed by atoms with Gasteiger partial charge in [-0.15, -0.1) is 12.4 Å². The summed E-state index contributed by atoms with van der Waals surface area (Å²) < 4.78 is 26.8. The van der Waals surface area contributed by atoms with E-state index in [0.29, 0.717) is 0 Å². The van der Waals surface area contributed by atoms with Gasteiger partial charge in [0, 0.05) is 17.1 Å². The van der Waals surface area contributed by atoms with Gasteiger partial charge < -0.3 is 5.73 Å². The van der Waals surface area contributed by atoms with E-state index in [-0.39, 0.29) is 29.9 Å². The molecule has 17 heavy (non-hydrogen) atoms. The van der Waals surface area contributed by atoms with Crippen molar-refractivity contribution < 1.29 is 8.42 Å². The number of nitrogens with two attached hydrogens (primary N) is 1. The van der Waals surface area contributed by atoms with Crippen LogP contribution in [0.25, 0.3) is 0 Å². The monoisotopic (exact) mass is 342 g/mol. The highest BCUT2D eigenvalue weighted by atomic mass is 79.9. The van der Waals surface area contributed by atoms with Crippen molar-refractivity contribution in [3.8, 4) is 0 Å². The third-order valence-corrected chi connectivity index (χ3v) is 4.32. The largest absolute Gasteiger partial charge is 0.327 e. The molecule has 0 saturated carbocycles. The van der Waals surface area contributed by atoms with Crippen molar-refractivity contribution in [2.24, 2.45) is 5.73 Å². The molecule has 4 nitrogen and oxygen atoms in total. The van der Waals surface area contributed by atoms with Crippen molar-refractivity contribution in [2.45, 2.75) is 24.8 Å². The summed E-state index contributed by atoms with van der Waals surface area (Å²) in [7, 11) is -3.45. The third-order valence-electron chi connectivity index (χ3n) is 2.05. The SMILES string of the molecule is Cc1ccc(S(=O)(=O)NCC(C)N)cc1Br.Cl. The summed E-state index contributed by atoms with van der Waals surface area (Å²) in [6.07, 6.45) is 0. The Balaban J connectivity index is 0.00000256. The van der Waals surface area contributed by atoms with E-state index in [1.54, 1.807) is 25.1 Å². The van der Waals surface area contributed by atoms with Gasteiger partial charge in [-0.25, -0.2) is 13.1 Å². The zero-order valence-corrected chi connectivity index (χ0v) is 12.8. The maximum Gasteiger partial charge on any atom is 0.240 e. The molecule has 0 spiro atoms. The van der Waals surface area contributed by atoms with Crippen LogP contribution in [0, 0.1) is 6.92 Å². The molecule has 0 aliphatic carbocycles. The molecule has 1 aromatic carbocycles. The number of sulfonamides is 1. The van der Waals surface area contributed by atoms with E-state index in [0.717, 1.165) is 10.0 Å². The Kier molecular flexibility index (Phi) is 6.65. The van der Waals surface area contributed by atoms with Crippen molar-refractivity contribution in [3.05, 3.63) is 28.2 Å². The molecule has 0 aliphatic heterocycles. The Morgan fingerprint density at radius 3 is 2.53 bits per heavy atom. The first-order chi connectivity index (χ1) is 7.33. The molecular formula is C10H16BrClN2O2S. The van der Waals surface area contributed by atoms with E-state index < -0.39 is 10.0 Å². The van der Waals surface area contributed by atoms with Gasteiger partial charge in [0.25, 0.3) is 0 Å². The van der Waals surface area contributed by atoms with E-state index in [4.69, 9.17) is 5.73 Å². The minimum Gasteiger partial charge on any atom is -0.327 e. The van der Waals surface area contributed by atoms with E-state index >= 15 is 0 Å². The third kappa shape index (κ3) is 4.93. The predicted molar refractivity (Wildman–Crippen MR) is 75.0 cm³/mol. The lowest BCUT2D eigenvalue weighted by atomic mass is 10.2. The lowest BCUT2D eigenvalue weighted by Gasteiger charge is -2.09. The lowest BCUT2D eigenvalue weighted by molar-refractivity contribution is 0.574. The first-order valence-corrected chi connectivity index (χ1v) is 7.12. The Labute approximate surface area is 117 Å². The minimum atomic E-state index is -3.45. The number of nitrogens with one attached hydrogen (secondary N) is 1. The summed E-state index contributed by atoms with van der Waals surface area (Å²) >= 11 is 3.30. The molecule has 7 heteroatoms. The molecule has 0 saturated heterocycles. The molecule has 0 aliphatic rings. The van der Waals surface area contributed by atoms with Crippen molar-refractivity contribution >= 4 is 38.4 Å². The maximum atomic E-state index is 11.8. The molecular weight excluding hydrogens is 328 g/mol. The molecule has 0 heterocycles. The second-order valence-corrected chi connectivity index (χ2v) is 6.36. The average molecular weight is 344 g/mol. The minimum absolute atomic E-state index is 0. The summed E-state index contributed by atoms with van der Waals surface area (Å²) in [5, 5.41) is 0. The highest BCUT2D eigenvalue weighted by Crippen LogP contribution is 2.20. The highest BCUT2D eigenvalue weighted by Gasteiger charge is 2.14. The molecule has 1 unspecified atom stereocenters. The number of hydrogen-bond acceptors (Lipinski definition) is 3. The molecule has 3 N–H and O–H groups in total. The van der Waals surface area contributed by atoms with Crippen LogP contribution in [0.3, 0.4) is 0 Å². The van der Waals surface area contributed by atoms with Crippen LogP contribution in [-0.4, -0.2) is 21.0 Å². The summed E-state index contributed by atoms with van der Waals surface area (Å²) in [4.78, 5) is 0.241. The molecule has 1 aromatic rings. The summed E-state index contributed by atoms with van der Waals surface area (Å²) in [6, 6.07) is 4.70. The summed E-state index contributed by atoms with van der Waals surface area (Å²) in [6.45, 7) is 3.87. The quantitative estimate of drug-likeness (QED) is 0.875. The van der Waals surface area contributed by atoms with E-state index in [1.807, 2.05) is 6.92 Å². The van der Waals surface area contributed by atoms with Gasteiger partial charge in [-0.3, -0.25) is 0 Å². The van der Waals surface area contributed by atoms with Crippen molar-refractivity contribution in [1.82, 2.24) is 4.72 Å². The van der Waals surface area contributed by atoms with Crippen molar-refractivity contribution in [3.63, 3.8) is 0 Å². The molecule has 98 valence electrons. The number of benzene rings is 1. The van der Waals surface area contributed by atoms with Crippen LogP contribution >= 0.6 is 28.3 Å². The van der Waals surface area contributed by atoms with Gasteiger partial charge >= 0.3 is 0 Å². The Bertz CT molecular complexity index is 477. The van der Waals surface area contributed by atoms with E-state index in [1.165, 1.54) is 0 Å². The van der Waals surface area contributed by atoms with Crippen LogP contribution in [0.4, 0.5) is 0 Å². The second-order valence-electron chi connectivity index (χ2n) is 3.74. The van der Waals surface area contributed by atoms with Crippen LogP contribution < -0.4 is 10.5 Å². The number of aryl methyl sites for hydroxylation is 1. The van der Waals surface area contributed by atoms with E-state index in [9.17, 15) is 8.42 Å². The molecule has 1 rings (SSSR count). The molecule has 0 aromatic heterocycles. The van der Waals surface area contributed by atoms with Gasteiger partial charge in [-0.05, 0) is 31.5 Å². The average Bonchev–Trinajstić information content (AvgIpc) is 2.19. The smallest absolute Gasteiger partial charge is 0.240 e. The fourth-order valence-electron chi connectivity index (χ4n) is 1.07. The Morgan fingerprint density at radius 1 is 1.47 bits per heavy atom. The summed E-state index contributed by atoms with van der Waals surface area (Å²) in [5.74, 6) is 0. The van der Waals surface area contributed by atoms with Gasteiger partial charge in [0.1, 0.15) is 0 Å². The second kappa shape index (κ2) is 6.70.